The molecule has 3 amide bonds. The van der Waals surface area contributed by atoms with E-state index >= 15 is 0 Å². The molecule has 6 nitrogen and oxygen atoms in total. The Balaban J connectivity index is 1.75. The molecule has 1 unspecified atom stereocenters. The number of hydrazine groups is 1. The van der Waals surface area contributed by atoms with Gasteiger partial charge >= 0.3 is 0 Å². The monoisotopic (exact) mass is 423 g/mol. The number of benzene rings is 2. The van der Waals surface area contributed by atoms with E-state index in [1.54, 1.807) is 6.92 Å². The number of anilines is 1. The topological polar surface area (TPSA) is 87.3 Å². The fourth-order valence-corrected chi connectivity index (χ4v) is 3.14. The average molecular weight is 424 g/mol. The molecular formula is C25H33N3O3. The maximum absolute atomic E-state index is 12.3. The Kier molecular flexibility index (Phi) is 8.79. The van der Waals surface area contributed by atoms with Crippen molar-refractivity contribution in [2.24, 2.45) is 5.92 Å². The highest BCUT2D eigenvalue weighted by atomic mass is 16.2. The third kappa shape index (κ3) is 7.89. The molecule has 1 atom stereocenters. The molecule has 3 N–H and O–H groups in total. The standard InChI is InChI=1S/C25H33N3O3/c1-16(2)14-20-7-9-21(10-8-20)19(5)25(31)28-27-24(30)13-12-23(29)26-22-11-6-17(3)18(4)15-22/h6-11,15-16,19H,12-14H2,1-5H3,(H,26,29)(H,27,30)(H,28,31). The maximum Gasteiger partial charge on any atom is 0.245 e. The molecule has 0 bridgehead atoms. The number of rotatable bonds is 8. The Morgan fingerprint density at radius 1 is 0.806 bits per heavy atom. The molecule has 0 saturated heterocycles. The number of carbonyl (C=O) groups excluding carboxylic acids is 3. The lowest BCUT2D eigenvalue weighted by atomic mass is 9.96. The van der Waals surface area contributed by atoms with Gasteiger partial charge in [0.15, 0.2) is 0 Å². The highest BCUT2D eigenvalue weighted by molar-refractivity contribution is 5.93. The second-order valence-corrected chi connectivity index (χ2v) is 8.45. The fraction of sp³-hybridized carbons (Fsp3) is 0.400. The van der Waals surface area contributed by atoms with Crippen molar-refractivity contribution < 1.29 is 14.4 Å². The summed E-state index contributed by atoms with van der Waals surface area (Å²) < 4.78 is 0. The Morgan fingerprint density at radius 3 is 2.06 bits per heavy atom. The van der Waals surface area contributed by atoms with Crippen LogP contribution < -0.4 is 16.2 Å². The van der Waals surface area contributed by atoms with Gasteiger partial charge in [0.2, 0.25) is 17.7 Å². The van der Waals surface area contributed by atoms with E-state index < -0.39 is 11.8 Å². The molecule has 0 aliphatic carbocycles. The van der Waals surface area contributed by atoms with Gasteiger partial charge < -0.3 is 5.32 Å². The first-order valence-electron chi connectivity index (χ1n) is 10.7. The van der Waals surface area contributed by atoms with Gasteiger partial charge in [0.1, 0.15) is 0 Å². The summed E-state index contributed by atoms with van der Waals surface area (Å²) in [6.45, 7) is 10.1. The van der Waals surface area contributed by atoms with Crippen molar-refractivity contribution in [3.05, 3.63) is 64.7 Å². The molecule has 2 rings (SSSR count). The largest absolute Gasteiger partial charge is 0.326 e. The van der Waals surface area contributed by atoms with Crippen LogP contribution in [0.25, 0.3) is 0 Å². The van der Waals surface area contributed by atoms with Gasteiger partial charge in [0, 0.05) is 18.5 Å². The average Bonchev–Trinajstić information content (AvgIpc) is 2.72. The lowest BCUT2D eigenvalue weighted by Gasteiger charge is -2.14. The van der Waals surface area contributed by atoms with Gasteiger partial charge in [-0.15, -0.1) is 0 Å². The van der Waals surface area contributed by atoms with Crippen LogP contribution in [0.15, 0.2) is 42.5 Å². The second kappa shape index (κ2) is 11.3. The number of aryl methyl sites for hydroxylation is 2. The van der Waals surface area contributed by atoms with Crippen LogP contribution in [0.5, 0.6) is 0 Å². The number of carbonyl (C=O) groups is 3. The molecule has 0 fully saturated rings. The molecule has 2 aromatic carbocycles. The van der Waals surface area contributed by atoms with E-state index in [1.165, 1.54) is 5.56 Å². The van der Waals surface area contributed by atoms with Gasteiger partial charge in [0.05, 0.1) is 5.92 Å². The summed E-state index contributed by atoms with van der Waals surface area (Å²) in [7, 11) is 0. The Labute approximate surface area is 184 Å². The molecular weight excluding hydrogens is 390 g/mol. The van der Waals surface area contributed by atoms with Gasteiger partial charge in [-0.2, -0.15) is 0 Å². The van der Waals surface area contributed by atoms with Crippen molar-refractivity contribution in [3.63, 3.8) is 0 Å². The van der Waals surface area contributed by atoms with Crippen LogP contribution in [0.3, 0.4) is 0 Å². The molecule has 0 radical (unpaired) electrons. The Morgan fingerprint density at radius 2 is 1.45 bits per heavy atom. The zero-order valence-corrected chi connectivity index (χ0v) is 19.0. The first-order valence-corrected chi connectivity index (χ1v) is 10.7. The quantitative estimate of drug-likeness (QED) is 0.557. The Hall–Kier alpha value is -3.15. The third-order valence-electron chi connectivity index (χ3n) is 5.21. The van der Waals surface area contributed by atoms with E-state index in [1.807, 2.05) is 56.3 Å². The van der Waals surface area contributed by atoms with E-state index in [2.05, 4.69) is 30.0 Å². The van der Waals surface area contributed by atoms with E-state index in [0.29, 0.717) is 11.6 Å². The molecule has 0 saturated carbocycles. The van der Waals surface area contributed by atoms with Crippen molar-refractivity contribution in [2.75, 3.05) is 5.32 Å². The fourth-order valence-electron chi connectivity index (χ4n) is 3.14. The summed E-state index contributed by atoms with van der Waals surface area (Å²) in [6, 6.07) is 13.6. The van der Waals surface area contributed by atoms with E-state index in [0.717, 1.165) is 23.1 Å². The highest BCUT2D eigenvalue weighted by Gasteiger charge is 2.16. The van der Waals surface area contributed by atoms with Gasteiger partial charge in [-0.3, -0.25) is 25.2 Å². The van der Waals surface area contributed by atoms with E-state index in [9.17, 15) is 14.4 Å². The highest BCUT2D eigenvalue weighted by Crippen LogP contribution is 2.18. The van der Waals surface area contributed by atoms with Crippen LogP contribution in [0, 0.1) is 19.8 Å². The molecule has 0 aliphatic heterocycles. The molecule has 6 heteroatoms. The molecule has 0 aromatic heterocycles. The molecule has 2 aromatic rings. The molecule has 0 spiro atoms. The van der Waals surface area contributed by atoms with Crippen LogP contribution in [0.2, 0.25) is 0 Å². The number of nitrogens with one attached hydrogen (secondary N) is 3. The Bertz CT molecular complexity index is 920. The van der Waals surface area contributed by atoms with Crippen molar-refractivity contribution in [1.29, 1.82) is 0 Å². The van der Waals surface area contributed by atoms with Crippen molar-refractivity contribution in [2.45, 2.75) is 59.8 Å². The second-order valence-electron chi connectivity index (χ2n) is 8.45. The summed E-state index contributed by atoms with van der Waals surface area (Å²) >= 11 is 0. The van der Waals surface area contributed by atoms with Crippen molar-refractivity contribution in [3.8, 4) is 0 Å². The number of hydrogen-bond donors (Lipinski definition) is 3. The van der Waals surface area contributed by atoms with E-state index in [4.69, 9.17) is 0 Å². The minimum absolute atomic E-state index is 0.0186. The normalized spacial score (nSPS) is 11.7. The van der Waals surface area contributed by atoms with Gasteiger partial charge in [-0.05, 0) is 67.5 Å². The first-order chi connectivity index (χ1) is 14.7. The predicted octanol–water partition coefficient (Wildman–Crippen LogP) is 4.17. The smallest absolute Gasteiger partial charge is 0.245 e. The summed E-state index contributed by atoms with van der Waals surface area (Å²) in [4.78, 5) is 36.4. The lowest BCUT2D eigenvalue weighted by molar-refractivity contribution is -0.130. The summed E-state index contributed by atoms with van der Waals surface area (Å²) in [6.07, 6.45) is 1.00. The molecule has 166 valence electrons. The van der Waals surface area contributed by atoms with Crippen molar-refractivity contribution in [1.82, 2.24) is 10.9 Å². The molecule has 0 heterocycles. The maximum atomic E-state index is 12.3. The van der Waals surface area contributed by atoms with Crippen LogP contribution in [0.4, 0.5) is 5.69 Å². The van der Waals surface area contributed by atoms with Gasteiger partial charge in [-0.1, -0.05) is 44.2 Å². The van der Waals surface area contributed by atoms with E-state index in [-0.39, 0.29) is 24.7 Å². The van der Waals surface area contributed by atoms with Crippen LogP contribution >= 0.6 is 0 Å². The number of hydrogen-bond acceptors (Lipinski definition) is 3. The molecule has 0 aliphatic rings. The summed E-state index contributed by atoms with van der Waals surface area (Å²) in [5, 5.41) is 2.78. The third-order valence-corrected chi connectivity index (χ3v) is 5.21. The zero-order chi connectivity index (χ0) is 23.0. The SMILES string of the molecule is Cc1ccc(NC(=O)CCC(=O)NNC(=O)C(C)c2ccc(CC(C)C)cc2)cc1C. The van der Waals surface area contributed by atoms with Crippen molar-refractivity contribution >= 4 is 23.4 Å². The number of amides is 3. The summed E-state index contributed by atoms with van der Waals surface area (Å²) in [5.41, 5.74) is 9.88. The molecule has 31 heavy (non-hydrogen) atoms. The predicted molar refractivity (Wildman–Crippen MR) is 123 cm³/mol. The zero-order valence-electron chi connectivity index (χ0n) is 19.0. The van der Waals surface area contributed by atoms with Crippen LogP contribution in [-0.4, -0.2) is 17.7 Å². The van der Waals surface area contributed by atoms with Crippen LogP contribution in [0.1, 0.15) is 61.8 Å². The van der Waals surface area contributed by atoms with Gasteiger partial charge in [0.25, 0.3) is 0 Å². The first kappa shape index (κ1) is 24.1. The lowest BCUT2D eigenvalue weighted by Crippen LogP contribution is -2.43. The van der Waals surface area contributed by atoms with Gasteiger partial charge in [-0.25, -0.2) is 0 Å². The minimum atomic E-state index is -0.414. The minimum Gasteiger partial charge on any atom is -0.326 e. The van der Waals surface area contributed by atoms with Crippen LogP contribution in [-0.2, 0) is 20.8 Å². The summed E-state index contributed by atoms with van der Waals surface area (Å²) in [5.74, 6) is -0.793.